The molecule has 1 saturated heterocycles. The summed E-state index contributed by atoms with van der Waals surface area (Å²) in [5, 5.41) is 7.06. The van der Waals surface area contributed by atoms with Crippen molar-refractivity contribution in [3.05, 3.63) is 47.2 Å². The molecule has 24 heavy (non-hydrogen) atoms. The van der Waals surface area contributed by atoms with Crippen LogP contribution in [-0.2, 0) is 6.42 Å². The monoisotopic (exact) mass is 341 g/mol. The lowest BCUT2D eigenvalue weighted by Crippen LogP contribution is -2.36. The molecule has 0 spiro atoms. The van der Waals surface area contributed by atoms with Gasteiger partial charge < -0.3 is 14.6 Å². The fourth-order valence-electron chi connectivity index (χ4n) is 3.19. The van der Waals surface area contributed by atoms with E-state index >= 15 is 0 Å². The van der Waals surface area contributed by atoms with E-state index in [0.29, 0.717) is 5.76 Å². The highest BCUT2D eigenvalue weighted by atomic mass is 32.1. The highest BCUT2D eigenvalue weighted by molar-refractivity contribution is 7.13. The Bertz CT molecular complexity index is 856. The molecule has 1 aliphatic rings. The van der Waals surface area contributed by atoms with Crippen LogP contribution in [0.1, 0.15) is 29.5 Å². The van der Waals surface area contributed by atoms with Crippen LogP contribution in [-0.4, -0.2) is 30.0 Å². The SMILES string of the molecule is CCc1cccc2cc(C(=O)NC3CCN(c4nccs4)C3)oc12. The third kappa shape index (κ3) is 2.78. The van der Waals surface area contributed by atoms with Crippen LogP contribution in [0.5, 0.6) is 0 Å². The molecule has 3 aromatic rings. The number of nitrogens with zero attached hydrogens (tertiary/aromatic N) is 2. The maximum atomic E-state index is 12.5. The summed E-state index contributed by atoms with van der Waals surface area (Å²) in [6, 6.07) is 7.98. The van der Waals surface area contributed by atoms with Crippen LogP contribution in [0, 0.1) is 0 Å². The minimum atomic E-state index is -0.140. The van der Waals surface area contributed by atoms with E-state index in [-0.39, 0.29) is 11.9 Å². The number of anilines is 1. The van der Waals surface area contributed by atoms with Crippen LogP contribution in [0.25, 0.3) is 11.0 Å². The lowest BCUT2D eigenvalue weighted by molar-refractivity contribution is 0.0914. The van der Waals surface area contributed by atoms with Crippen molar-refractivity contribution in [2.24, 2.45) is 0 Å². The molecule has 1 atom stereocenters. The number of carbonyl (C=O) groups is 1. The van der Waals surface area contributed by atoms with Crippen molar-refractivity contribution in [3.8, 4) is 0 Å². The van der Waals surface area contributed by atoms with Gasteiger partial charge in [0.25, 0.3) is 5.91 Å². The third-order valence-electron chi connectivity index (χ3n) is 4.44. The summed E-state index contributed by atoms with van der Waals surface area (Å²) in [6.07, 6.45) is 3.62. The van der Waals surface area contributed by atoms with E-state index < -0.39 is 0 Å². The lowest BCUT2D eigenvalue weighted by atomic mass is 10.1. The molecular formula is C18H19N3O2S. The van der Waals surface area contributed by atoms with Crippen LogP contribution in [0.2, 0.25) is 0 Å². The molecule has 3 heterocycles. The maximum absolute atomic E-state index is 12.5. The van der Waals surface area contributed by atoms with Gasteiger partial charge in [0.1, 0.15) is 5.58 Å². The number of hydrogen-bond donors (Lipinski definition) is 1. The number of thiazole rings is 1. The zero-order valence-corrected chi connectivity index (χ0v) is 14.3. The first-order chi connectivity index (χ1) is 11.7. The van der Waals surface area contributed by atoms with Crippen molar-refractivity contribution in [2.45, 2.75) is 25.8 Å². The van der Waals surface area contributed by atoms with Crippen LogP contribution < -0.4 is 10.2 Å². The molecule has 1 N–H and O–H groups in total. The highest BCUT2D eigenvalue weighted by Gasteiger charge is 2.26. The van der Waals surface area contributed by atoms with E-state index in [9.17, 15) is 4.79 Å². The Hall–Kier alpha value is -2.34. The first-order valence-corrected chi connectivity index (χ1v) is 9.09. The second kappa shape index (κ2) is 6.28. The highest BCUT2D eigenvalue weighted by Crippen LogP contribution is 2.25. The summed E-state index contributed by atoms with van der Waals surface area (Å²) in [6.45, 7) is 3.79. The topological polar surface area (TPSA) is 58.4 Å². The number of benzene rings is 1. The van der Waals surface area contributed by atoms with Crippen LogP contribution in [0.3, 0.4) is 0 Å². The van der Waals surface area contributed by atoms with Gasteiger partial charge in [0.15, 0.2) is 10.9 Å². The Morgan fingerprint density at radius 3 is 3.21 bits per heavy atom. The van der Waals surface area contributed by atoms with Gasteiger partial charge in [-0.15, -0.1) is 11.3 Å². The molecule has 0 aliphatic carbocycles. The standard InChI is InChI=1S/C18H19N3O2S/c1-2-12-4-3-5-13-10-15(23-16(12)13)17(22)20-14-6-8-21(11-14)18-19-7-9-24-18/h3-5,7,9-10,14H,2,6,8,11H2,1H3,(H,20,22). The molecule has 1 unspecified atom stereocenters. The van der Waals surface area contributed by atoms with Gasteiger partial charge in [-0.1, -0.05) is 25.1 Å². The summed E-state index contributed by atoms with van der Waals surface area (Å²) in [7, 11) is 0. The van der Waals surface area contributed by atoms with E-state index in [1.54, 1.807) is 11.3 Å². The lowest BCUT2D eigenvalue weighted by Gasteiger charge is -2.15. The van der Waals surface area contributed by atoms with Crippen LogP contribution in [0.15, 0.2) is 40.3 Å². The molecule has 0 saturated carbocycles. The van der Waals surface area contributed by atoms with E-state index in [4.69, 9.17) is 4.42 Å². The molecule has 124 valence electrons. The number of para-hydroxylation sites is 1. The number of fused-ring (bicyclic) bond motifs is 1. The predicted octanol–water partition coefficient (Wildman–Crippen LogP) is 3.46. The molecule has 1 amide bonds. The van der Waals surface area contributed by atoms with Crippen molar-refractivity contribution in [1.29, 1.82) is 0 Å². The van der Waals surface area contributed by atoms with Gasteiger partial charge in [0, 0.05) is 36.1 Å². The van der Waals surface area contributed by atoms with Crippen LogP contribution >= 0.6 is 11.3 Å². The van der Waals surface area contributed by atoms with Gasteiger partial charge in [-0.3, -0.25) is 4.79 Å². The first-order valence-electron chi connectivity index (χ1n) is 8.21. The molecule has 6 heteroatoms. The second-order valence-corrected chi connectivity index (χ2v) is 6.89. The minimum absolute atomic E-state index is 0.125. The fourth-order valence-corrected chi connectivity index (χ4v) is 3.87. The Kier molecular flexibility index (Phi) is 3.98. The summed E-state index contributed by atoms with van der Waals surface area (Å²) in [5.41, 5.74) is 1.95. The third-order valence-corrected chi connectivity index (χ3v) is 5.28. The van der Waals surface area contributed by atoms with Crippen molar-refractivity contribution in [2.75, 3.05) is 18.0 Å². The number of furan rings is 1. The average Bonchev–Trinajstić information content (AvgIpc) is 3.33. The molecule has 1 aromatic carbocycles. The number of aryl methyl sites for hydroxylation is 1. The van der Waals surface area contributed by atoms with Gasteiger partial charge in [-0.25, -0.2) is 4.98 Å². The quantitative estimate of drug-likeness (QED) is 0.789. The van der Waals surface area contributed by atoms with Gasteiger partial charge >= 0.3 is 0 Å². The van der Waals surface area contributed by atoms with Gasteiger partial charge in [0.05, 0.1) is 0 Å². The van der Waals surface area contributed by atoms with E-state index in [2.05, 4.69) is 22.1 Å². The molecule has 1 fully saturated rings. The van der Waals surface area contributed by atoms with Crippen molar-refractivity contribution >= 4 is 33.3 Å². The molecular weight excluding hydrogens is 322 g/mol. The van der Waals surface area contributed by atoms with Gasteiger partial charge in [-0.05, 0) is 24.5 Å². The number of nitrogens with one attached hydrogen (secondary N) is 1. The molecule has 5 nitrogen and oxygen atoms in total. The summed E-state index contributed by atoms with van der Waals surface area (Å²) in [5.74, 6) is 0.248. The van der Waals surface area contributed by atoms with Crippen molar-refractivity contribution in [1.82, 2.24) is 10.3 Å². The molecule has 0 radical (unpaired) electrons. The van der Waals surface area contributed by atoms with Gasteiger partial charge in [0.2, 0.25) is 0 Å². The number of rotatable bonds is 4. The van der Waals surface area contributed by atoms with Crippen molar-refractivity contribution < 1.29 is 9.21 Å². The Labute approximate surface area is 144 Å². The Balaban J connectivity index is 1.47. The largest absolute Gasteiger partial charge is 0.451 e. The number of aromatic nitrogens is 1. The number of carbonyl (C=O) groups excluding carboxylic acids is 1. The number of amides is 1. The molecule has 1 aliphatic heterocycles. The minimum Gasteiger partial charge on any atom is -0.451 e. The first kappa shape index (κ1) is 15.2. The zero-order chi connectivity index (χ0) is 16.5. The Morgan fingerprint density at radius 2 is 2.42 bits per heavy atom. The fraction of sp³-hybridized carbons (Fsp3) is 0.333. The van der Waals surface area contributed by atoms with Crippen molar-refractivity contribution in [3.63, 3.8) is 0 Å². The normalized spacial score (nSPS) is 17.5. The molecule has 4 rings (SSSR count). The Morgan fingerprint density at radius 1 is 1.50 bits per heavy atom. The van der Waals surface area contributed by atoms with E-state index in [0.717, 1.165) is 47.6 Å². The van der Waals surface area contributed by atoms with E-state index in [1.807, 2.05) is 35.8 Å². The summed E-state index contributed by atoms with van der Waals surface area (Å²) >= 11 is 1.63. The number of hydrogen-bond acceptors (Lipinski definition) is 5. The van der Waals surface area contributed by atoms with Gasteiger partial charge in [-0.2, -0.15) is 0 Å². The second-order valence-electron chi connectivity index (χ2n) is 6.02. The average molecular weight is 341 g/mol. The summed E-state index contributed by atoms with van der Waals surface area (Å²) < 4.78 is 5.83. The summed E-state index contributed by atoms with van der Waals surface area (Å²) in [4.78, 5) is 19.1. The smallest absolute Gasteiger partial charge is 0.287 e. The van der Waals surface area contributed by atoms with Crippen LogP contribution in [0.4, 0.5) is 5.13 Å². The zero-order valence-electron chi connectivity index (χ0n) is 13.5. The maximum Gasteiger partial charge on any atom is 0.287 e. The molecule has 0 bridgehead atoms. The van der Waals surface area contributed by atoms with E-state index in [1.165, 1.54) is 0 Å². The predicted molar refractivity (Wildman–Crippen MR) is 95.8 cm³/mol. The molecule has 2 aromatic heterocycles.